The van der Waals surface area contributed by atoms with Crippen molar-refractivity contribution in [3.05, 3.63) is 179 Å². The molecular weight excluding hydrogens is 595 g/mol. The molecule has 3 aliphatic carbocycles. The Hall–Kier alpha value is -5.54. The molecule has 49 heavy (non-hydrogen) atoms. The summed E-state index contributed by atoms with van der Waals surface area (Å²) in [5.41, 5.74) is 16.8. The average molecular weight is 632 g/mol. The number of rotatable bonds is 3. The lowest BCUT2D eigenvalue weighted by molar-refractivity contribution is 0.572. The van der Waals surface area contributed by atoms with Crippen molar-refractivity contribution in [1.29, 1.82) is 0 Å². The average Bonchev–Trinajstić information content (AvgIpc) is 3.49. The molecule has 5 aromatic carbocycles. The van der Waals surface area contributed by atoms with E-state index in [1.807, 2.05) is 0 Å². The van der Waals surface area contributed by atoms with Crippen LogP contribution in [0.4, 0.5) is 11.6 Å². The normalized spacial score (nSPS) is 20.4. The maximum absolute atomic E-state index is 5.33. The van der Waals surface area contributed by atoms with Gasteiger partial charge in [-0.15, -0.1) is 0 Å². The van der Waals surface area contributed by atoms with Gasteiger partial charge >= 0.3 is 0 Å². The van der Waals surface area contributed by atoms with Gasteiger partial charge in [0.2, 0.25) is 5.95 Å². The third kappa shape index (κ3) is 4.28. The third-order valence-electron chi connectivity index (χ3n) is 11.5. The predicted molar refractivity (Wildman–Crippen MR) is 200 cm³/mol. The van der Waals surface area contributed by atoms with Gasteiger partial charge in [0.05, 0.1) is 17.4 Å². The van der Waals surface area contributed by atoms with Gasteiger partial charge in [-0.05, 0) is 75.4 Å². The lowest BCUT2D eigenvalue weighted by Crippen LogP contribution is -2.30. The minimum Gasteiger partial charge on any atom is -0.302 e. The lowest BCUT2D eigenvalue weighted by atomic mass is 9.64. The third-order valence-corrected chi connectivity index (χ3v) is 11.5. The Morgan fingerprint density at radius 2 is 1.33 bits per heavy atom. The first-order valence-corrected chi connectivity index (χ1v) is 17.6. The van der Waals surface area contributed by atoms with Crippen LogP contribution in [-0.4, -0.2) is 16.0 Å². The fourth-order valence-corrected chi connectivity index (χ4v) is 9.26. The van der Waals surface area contributed by atoms with Crippen LogP contribution in [0.15, 0.2) is 146 Å². The first-order valence-electron chi connectivity index (χ1n) is 17.6. The maximum atomic E-state index is 5.33. The molecule has 1 aliphatic heterocycles. The molecule has 0 saturated carbocycles. The van der Waals surface area contributed by atoms with Crippen molar-refractivity contribution < 1.29 is 0 Å². The summed E-state index contributed by atoms with van der Waals surface area (Å²) in [7, 11) is 0. The van der Waals surface area contributed by atoms with Gasteiger partial charge in [0.1, 0.15) is 0 Å². The van der Waals surface area contributed by atoms with E-state index < -0.39 is 0 Å². The molecule has 1 aromatic heterocycles. The number of hydrogen-bond donors (Lipinski definition) is 0. The van der Waals surface area contributed by atoms with E-state index in [1.165, 1.54) is 50.2 Å². The van der Waals surface area contributed by atoms with Crippen LogP contribution in [0.25, 0.3) is 33.6 Å². The topological polar surface area (TPSA) is 29.0 Å². The van der Waals surface area contributed by atoms with E-state index in [0.29, 0.717) is 5.92 Å². The molecule has 3 unspecified atom stereocenters. The van der Waals surface area contributed by atoms with Gasteiger partial charge < -0.3 is 4.90 Å². The molecule has 2 bridgehead atoms. The second-order valence-corrected chi connectivity index (χ2v) is 14.5. The summed E-state index contributed by atoms with van der Waals surface area (Å²) >= 11 is 0. The molecule has 0 fully saturated rings. The SMILES string of the molecule is CC1(C)c2ccccc2CC2Cc3c(cccc31)-c1c2ccc2c1C1C=CC=CC1N2c1nc(-c2ccccc2)cc(-c2ccccc2)n1. The molecule has 4 aliphatic rings. The Labute approximate surface area is 288 Å². The van der Waals surface area contributed by atoms with E-state index in [0.717, 1.165) is 41.3 Å². The van der Waals surface area contributed by atoms with Crippen LogP contribution in [0, 0.1) is 0 Å². The first kappa shape index (κ1) is 28.5. The molecular formula is C46H37N3. The highest BCUT2D eigenvalue weighted by molar-refractivity contribution is 5.89. The van der Waals surface area contributed by atoms with Crippen molar-refractivity contribution in [1.82, 2.24) is 9.97 Å². The largest absolute Gasteiger partial charge is 0.302 e. The van der Waals surface area contributed by atoms with Crippen LogP contribution < -0.4 is 4.90 Å². The first-order chi connectivity index (χ1) is 24.1. The molecule has 10 rings (SSSR count). The standard InChI is InChI=1S/C46H37N3/c1-46(2)37-21-11-9-18-31(37)26-32-27-36-34(20-13-22-38(36)46)43-33(32)24-25-42-44(43)35-19-10-12-23-41(35)49(42)45-47-39(29-14-5-3-6-15-29)28-40(48-45)30-16-7-4-8-17-30/h3-25,28,32,35,41H,26-27H2,1-2H3. The van der Waals surface area contributed by atoms with E-state index in [2.05, 4.69) is 164 Å². The van der Waals surface area contributed by atoms with E-state index in [1.54, 1.807) is 0 Å². The number of nitrogens with zero attached hydrogens (tertiary/aromatic N) is 3. The zero-order valence-corrected chi connectivity index (χ0v) is 27.8. The summed E-state index contributed by atoms with van der Waals surface area (Å²) in [5, 5.41) is 0. The van der Waals surface area contributed by atoms with Gasteiger partial charge in [0.25, 0.3) is 0 Å². The number of hydrogen-bond acceptors (Lipinski definition) is 3. The molecule has 0 saturated heterocycles. The van der Waals surface area contributed by atoms with E-state index in [4.69, 9.17) is 9.97 Å². The van der Waals surface area contributed by atoms with Crippen molar-refractivity contribution in [2.75, 3.05) is 4.90 Å². The van der Waals surface area contributed by atoms with Crippen molar-refractivity contribution >= 4 is 11.6 Å². The minimum atomic E-state index is -0.0794. The molecule has 0 N–H and O–H groups in total. The molecule has 3 atom stereocenters. The molecule has 236 valence electrons. The highest BCUT2D eigenvalue weighted by Crippen LogP contribution is 2.57. The Kier molecular flexibility index (Phi) is 6.24. The Morgan fingerprint density at radius 1 is 0.653 bits per heavy atom. The van der Waals surface area contributed by atoms with Crippen LogP contribution >= 0.6 is 0 Å². The fourth-order valence-electron chi connectivity index (χ4n) is 9.26. The van der Waals surface area contributed by atoms with E-state index in [-0.39, 0.29) is 17.4 Å². The van der Waals surface area contributed by atoms with Gasteiger partial charge in [-0.2, -0.15) is 0 Å². The molecule has 2 heterocycles. The Morgan fingerprint density at radius 3 is 2.08 bits per heavy atom. The number of allylic oxidation sites excluding steroid dienone is 2. The van der Waals surface area contributed by atoms with Crippen LogP contribution in [-0.2, 0) is 18.3 Å². The minimum absolute atomic E-state index is 0.0794. The summed E-state index contributed by atoms with van der Waals surface area (Å²) in [6.45, 7) is 4.83. The molecule has 3 heteroatoms. The fraction of sp³-hybridized carbons (Fsp3) is 0.174. The zero-order valence-electron chi connectivity index (χ0n) is 27.8. The van der Waals surface area contributed by atoms with Crippen LogP contribution in [0.5, 0.6) is 0 Å². The van der Waals surface area contributed by atoms with E-state index >= 15 is 0 Å². The Bertz CT molecular complexity index is 2270. The summed E-state index contributed by atoms with van der Waals surface area (Å²) in [5.74, 6) is 1.35. The Balaban J connectivity index is 1.22. The molecule has 0 amide bonds. The number of benzene rings is 5. The number of fused-ring (bicyclic) bond motifs is 9. The summed E-state index contributed by atoms with van der Waals surface area (Å²) in [4.78, 5) is 13.1. The number of aromatic nitrogens is 2. The second kappa shape index (κ2) is 10.7. The van der Waals surface area contributed by atoms with E-state index in [9.17, 15) is 0 Å². The van der Waals surface area contributed by atoms with Gasteiger partial charge in [0.15, 0.2) is 0 Å². The van der Waals surface area contributed by atoms with Gasteiger partial charge in [-0.25, -0.2) is 9.97 Å². The van der Waals surface area contributed by atoms with Gasteiger partial charge in [0, 0.05) is 28.1 Å². The number of anilines is 2. The van der Waals surface area contributed by atoms with Crippen molar-refractivity contribution in [2.24, 2.45) is 0 Å². The quantitative estimate of drug-likeness (QED) is 0.195. The van der Waals surface area contributed by atoms with Crippen LogP contribution in [0.2, 0.25) is 0 Å². The van der Waals surface area contributed by atoms with Crippen LogP contribution in [0.3, 0.4) is 0 Å². The maximum Gasteiger partial charge on any atom is 0.231 e. The van der Waals surface area contributed by atoms with Gasteiger partial charge in [-0.1, -0.05) is 147 Å². The predicted octanol–water partition coefficient (Wildman–Crippen LogP) is 10.7. The van der Waals surface area contributed by atoms with Crippen LogP contribution in [0.1, 0.15) is 59.1 Å². The monoisotopic (exact) mass is 631 g/mol. The molecule has 3 nitrogen and oxygen atoms in total. The smallest absolute Gasteiger partial charge is 0.231 e. The summed E-state index contributed by atoms with van der Waals surface area (Å²) in [6, 6.07) is 44.2. The molecule has 0 radical (unpaired) electrons. The highest BCUT2D eigenvalue weighted by Gasteiger charge is 2.44. The summed E-state index contributed by atoms with van der Waals surface area (Å²) in [6.07, 6.45) is 11.3. The second-order valence-electron chi connectivity index (χ2n) is 14.5. The zero-order chi connectivity index (χ0) is 32.7. The highest BCUT2D eigenvalue weighted by atomic mass is 15.3. The molecule has 0 spiro atoms. The van der Waals surface area contributed by atoms with Gasteiger partial charge in [-0.3, -0.25) is 0 Å². The van der Waals surface area contributed by atoms with Crippen molar-refractivity contribution in [3.63, 3.8) is 0 Å². The summed E-state index contributed by atoms with van der Waals surface area (Å²) < 4.78 is 0. The lowest BCUT2D eigenvalue weighted by Gasteiger charge is -2.40. The van der Waals surface area contributed by atoms with Crippen molar-refractivity contribution in [3.8, 4) is 33.6 Å². The molecule has 6 aromatic rings. The van der Waals surface area contributed by atoms with Crippen molar-refractivity contribution in [2.45, 2.75) is 50.0 Å².